The Bertz CT molecular complexity index is 612. The van der Waals surface area contributed by atoms with E-state index in [0.717, 1.165) is 36.6 Å². The molecule has 3 nitrogen and oxygen atoms in total. The van der Waals surface area contributed by atoms with Gasteiger partial charge in [0.2, 0.25) is 0 Å². The monoisotopic (exact) mass is 320 g/mol. The van der Waals surface area contributed by atoms with Gasteiger partial charge in [0.15, 0.2) is 0 Å². The maximum absolute atomic E-state index is 13.8. The molecule has 1 aliphatic carbocycles. The van der Waals surface area contributed by atoms with E-state index in [9.17, 15) is 4.39 Å². The SMILES string of the molecule is OCCCCN(Cc1csc(-c2ccccc2F)n1)C1CC1. The van der Waals surface area contributed by atoms with Crippen LogP contribution in [0.4, 0.5) is 4.39 Å². The van der Waals surface area contributed by atoms with Crippen LogP contribution in [0.2, 0.25) is 0 Å². The number of thiazole rings is 1. The fourth-order valence-corrected chi connectivity index (χ4v) is 3.44. The summed E-state index contributed by atoms with van der Waals surface area (Å²) in [5.74, 6) is -0.217. The molecule has 1 fully saturated rings. The van der Waals surface area contributed by atoms with E-state index in [0.29, 0.717) is 11.6 Å². The van der Waals surface area contributed by atoms with Crippen molar-refractivity contribution in [1.82, 2.24) is 9.88 Å². The molecule has 0 aliphatic heterocycles. The highest BCUT2D eigenvalue weighted by molar-refractivity contribution is 7.13. The second kappa shape index (κ2) is 7.31. The van der Waals surface area contributed by atoms with Crippen LogP contribution in [-0.2, 0) is 6.54 Å². The Labute approximate surface area is 134 Å². The summed E-state index contributed by atoms with van der Waals surface area (Å²) in [7, 11) is 0. The average Bonchev–Trinajstić information content (AvgIpc) is 3.27. The summed E-state index contributed by atoms with van der Waals surface area (Å²) >= 11 is 1.50. The lowest BCUT2D eigenvalue weighted by Crippen LogP contribution is -2.27. The van der Waals surface area contributed by atoms with Crippen molar-refractivity contribution < 1.29 is 9.50 Å². The van der Waals surface area contributed by atoms with Crippen molar-refractivity contribution in [3.63, 3.8) is 0 Å². The standard InChI is InChI=1S/C17H21FN2OS/c18-16-6-2-1-5-15(16)17-19-13(12-22-17)11-20(14-7-8-14)9-3-4-10-21/h1-2,5-6,12,14,21H,3-4,7-11H2. The molecule has 2 aromatic rings. The van der Waals surface area contributed by atoms with Crippen LogP contribution in [0.3, 0.4) is 0 Å². The zero-order valence-electron chi connectivity index (χ0n) is 12.5. The number of aromatic nitrogens is 1. The molecule has 1 aromatic carbocycles. The lowest BCUT2D eigenvalue weighted by Gasteiger charge is -2.20. The van der Waals surface area contributed by atoms with Crippen LogP contribution in [-0.4, -0.2) is 34.2 Å². The summed E-state index contributed by atoms with van der Waals surface area (Å²) in [4.78, 5) is 7.05. The molecule has 0 radical (unpaired) electrons. The first-order chi connectivity index (χ1) is 10.8. The van der Waals surface area contributed by atoms with Gasteiger partial charge < -0.3 is 5.11 Å². The number of rotatable bonds is 8. The number of aliphatic hydroxyl groups is 1. The molecule has 22 heavy (non-hydrogen) atoms. The fraction of sp³-hybridized carbons (Fsp3) is 0.471. The third kappa shape index (κ3) is 3.91. The Hall–Kier alpha value is -1.30. The molecule has 1 saturated carbocycles. The maximum Gasteiger partial charge on any atom is 0.133 e. The molecule has 0 amide bonds. The maximum atomic E-state index is 13.8. The Kier molecular flexibility index (Phi) is 5.18. The lowest BCUT2D eigenvalue weighted by molar-refractivity contribution is 0.227. The van der Waals surface area contributed by atoms with Crippen molar-refractivity contribution in [2.75, 3.05) is 13.2 Å². The lowest BCUT2D eigenvalue weighted by atomic mass is 10.2. The first kappa shape index (κ1) is 15.6. The number of hydrogen-bond donors (Lipinski definition) is 1. The summed E-state index contributed by atoms with van der Waals surface area (Å²) in [6.45, 7) is 2.07. The van der Waals surface area contributed by atoms with Crippen molar-refractivity contribution in [3.8, 4) is 10.6 Å². The zero-order valence-corrected chi connectivity index (χ0v) is 13.4. The average molecular weight is 320 g/mol. The molecule has 1 aromatic heterocycles. The van der Waals surface area contributed by atoms with Crippen LogP contribution >= 0.6 is 11.3 Å². The molecular formula is C17H21FN2OS. The second-order valence-corrected chi connectivity index (χ2v) is 6.61. The number of benzene rings is 1. The fourth-order valence-electron chi connectivity index (χ4n) is 2.60. The molecule has 1 heterocycles. The van der Waals surface area contributed by atoms with Gasteiger partial charge in [-0.05, 0) is 44.4 Å². The Morgan fingerprint density at radius 1 is 1.27 bits per heavy atom. The smallest absolute Gasteiger partial charge is 0.133 e. The van der Waals surface area contributed by atoms with Crippen molar-refractivity contribution in [1.29, 1.82) is 0 Å². The van der Waals surface area contributed by atoms with Crippen LogP contribution in [0, 0.1) is 5.82 Å². The number of nitrogens with zero attached hydrogens (tertiary/aromatic N) is 2. The molecule has 3 rings (SSSR count). The Morgan fingerprint density at radius 2 is 2.09 bits per heavy atom. The number of aliphatic hydroxyl groups excluding tert-OH is 1. The van der Waals surface area contributed by atoms with E-state index in [2.05, 4.69) is 9.88 Å². The third-order valence-corrected chi connectivity index (χ3v) is 4.86. The largest absolute Gasteiger partial charge is 0.396 e. The summed E-state index contributed by atoms with van der Waals surface area (Å²) < 4.78 is 13.8. The van der Waals surface area contributed by atoms with E-state index in [1.165, 1.54) is 30.2 Å². The van der Waals surface area contributed by atoms with Gasteiger partial charge in [-0.15, -0.1) is 11.3 Å². The minimum absolute atomic E-state index is 0.217. The molecule has 1 N–H and O–H groups in total. The van der Waals surface area contributed by atoms with E-state index >= 15 is 0 Å². The molecule has 0 spiro atoms. The number of hydrogen-bond acceptors (Lipinski definition) is 4. The van der Waals surface area contributed by atoms with Crippen LogP contribution in [0.15, 0.2) is 29.6 Å². The second-order valence-electron chi connectivity index (χ2n) is 5.76. The van der Waals surface area contributed by atoms with Gasteiger partial charge in [0.25, 0.3) is 0 Å². The van der Waals surface area contributed by atoms with E-state index < -0.39 is 0 Å². The first-order valence-corrected chi connectivity index (χ1v) is 8.70. The molecule has 5 heteroatoms. The molecular weight excluding hydrogens is 299 g/mol. The molecule has 0 atom stereocenters. The summed E-state index contributed by atoms with van der Waals surface area (Å²) in [5, 5.41) is 11.7. The van der Waals surface area contributed by atoms with E-state index in [-0.39, 0.29) is 12.4 Å². The van der Waals surface area contributed by atoms with Crippen LogP contribution in [0.25, 0.3) is 10.6 Å². The van der Waals surface area contributed by atoms with E-state index in [4.69, 9.17) is 5.11 Å². The predicted molar refractivity (Wildman–Crippen MR) is 87.3 cm³/mol. The van der Waals surface area contributed by atoms with Gasteiger partial charge in [0.05, 0.1) is 5.69 Å². The minimum Gasteiger partial charge on any atom is -0.396 e. The molecule has 0 unspecified atom stereocenters. The van der Waals surface area contributed by atoms with Gasteiger partial charge in [-0.2, -0.15) is 0 Å². The van der Waals surface area contributed by atoms with Gasteiger partial charge in [-0.1, -0.05) is 12.1 Å². The van der Waals surface area contributed by atoms with E-state index in [1.807, 2.05) is 11.4 Å². The topological polar surface area (TPSA) is 36.4 Å². The van der Waals surface area contributed by atoms with Gasteiger partial charge >= 0.3 is 0 Å². The van der Waals surface area contributed by atoms with Crippen molar-refractivity contribution in [2.24, 2.45) is 0 Å². The van der Waals surface area contributed by atoms with Gasteiger partial charge in [0.1, 0.15) is 10.8 Å². The highest BCUT2D eigenvalue weighted by Gasteiger charge is 2.29. The van der Waals surface area contributed by atoms with Gasteiger partial charge in [0, 0.05) is 30.1 Å². The predicted octanol–water partition coefficient (Wildman–Crippen LogP) is 3.69. The summed E-state index contributed by atoms with van der Waals surface area (Å²) in [6.07, 6.45) is 4.37. The van der Waals surface area contributed by atoms with E-state index in [1.54, 1.807) is 12.1 Å². The molecule has 0 saturated heterocycles. The Morgan fingerprint density at radius 3 is 2.82 bits per heavy atom. The van der Waals surface area contributed by atoms with Gasteiger partial charge in [-0.25, -0.2) is 9.37 Å². The van der Waals surface area contributed by atoms with Crippen LogP contribution in [0.1, 0.15) is 31.4 Å². The van der Waals surface area contributed by atoms with Crippen LogP contribution in [0.5, 0.6) is 0 Å². The van der Waals surface area contributed by atoms with Crippen molar-refractivity contribution >= 4 is 11.3 Å². The first-order valence-electron chi connectivity index (χ1n) is 7.82. The highest BCUT2D eigenvalue weighted by Crippen LogP contribution is 2.30. The minimum atomic E-state index is -0.217. The molecule has 118 valence electrons. The van der Waals surface area contributed by atoms with Crippen molar-refractivity contribution in [3.05, 3.63) is 41.2 Å². The molecule has 0 bridgehead atoms. The normalized spacial score (nSPS) is 14.7. The van der Waals surface area contributed by atoms with Crippen molar-refractivity contribution in [2.45, 2.75) is 38.3 Å². The molecule has 1 aliphatic rings. The number of unbranched alkanes of at least 4 members (excludes halogenated alkanes) is 1. The van der Waals surface area contributed by atoms with Gasteiger partial charge in [-0.3, -0.25) is 4.90 Å². The summed E-state index contributed by atoms with van der Waals surface area (Å²) in [6, 6.07) is 7.45. The zero-order chi connectivity index (χ0) is 15.4. The Balaban J connectivity index is 1.66. The third-order valence-electron chi connectivity index (χ3n) is 3.94. The van der Waals surface area contributed by atoms with Crippen LogP contribution < -0.4 is 0 Å². The quantitative estimate of drug-likeness (QED) is 0.754. The highest BCUT2D eigenvalue weighted by atomic mass is 32.1. The summed E-state index contributed by atoms with van der Waals surface area (Å²) in [5.41, 5.74) is 1.59. The number of halogens is 1.